The number of hydrogen-bond donors (Lipinski definition) is 2. The largest absolute Gasteiger partial charge is 0.334 e. The van der Waals surface area contributed by atoms with Crippen LogP contribution in [0.25, 0.3) is 0 Å². The Hall–Kier alpha value is -2.18. The van der Waals surface area contributed by atoms with E-state index in [9.17, 15) is 9.59 Å². The van der Waals surface area contributed by atoms with E-state index in [1.807, 2.05) is 30.3 Å². The van der Waals surface area contributed by atoms with Crippen LogP contribution in [0.1, 0.15) is 30.0 Å². The van der Waals surface area contributed by atoms with Gasteiger partial charge in [-0.2, -0.15) is 11.3 Å². The molecule has 0 spiro atoms. The molecule has 1 fully saturated rings. The number of carbonyl (C=O) groups excluding carboxylic acids is 2. The fraction of sp³-hybridized carbons (Fsp3) is 0.333. The molecule has 1 aromatic heterocycles. The molecule has 0 radical (unpaired) electrons. The Labute approximate surface area is 145 Å². The lowest BCUT2D eigenvalue weighted by Crippen LogP contribution is -2.44. The van der Waals surface area contributed by atoms with Gasteiger partial charge in [-0.1, -0.05) is 30.3 Å². The quantitative estimate of drug-likeness (QED) is 0.877. The van der Waals surface area contributed by atoms with Gasteiger partial charge in [0.2, 0.25) is 5.91 Å². The normalized spacial score (nSPS) is 17.6. The van der Waals surface area contributed by atoms with Crippen LogP contribution in [0.2, 0.25) is 0 Å². The zero-order valence-corrected chi connectivity index (χ0v) is 14.2. The van der Waals surface area contributed by atoms with Gasteiger partial charge in [-0.25, -0.2) is 4.79 Å². The molecule has 3 rings (SSSR count). The SMILES string of the molecule is O=C(CN1CCC[C@@H]1c1ccsc1)NC(=O)NCc1ccccc1. The van der Waals surface area contributed by atoms with Crippen molar-refractivity contribution in [3.63, 3.8) is 0 Å². The number of thiophene rings is 1. The van der Waals surface area contributed by atoms with E-state index in [0.29, 0.717) is 6.54 Å². The van der Waals surface area contributed by atoms with Crippen molar-refractivity contribution in [2.45, 2.75) is 25.4 Å². The van der Waals surface area contributed by atoms with Gasteiger partial charge in [0.05, 0.1) is 6.54 Å². The van der Waals surface area contributed by atoms with E-state index in [-0.39, 0.29) is 18.5 Å². The molecule has 0 aliphatic carbocycles. The monoisotopic (exact) mass is 343 g/mol. The van der Waals surface area contributed by atoms with E-state index < -0.39 is 6.03 Å². The highest BCUT2D eigenvalue weighted by atomic mass is 32.1. The van der Waals surface area contributed by atoms with Crippen LogP contribution in [0, 0.1) is 0 Å². The summed E-state index contributed by atoms with van der Waals surface area (Å²) in [6.07, 6.45) is 2.14. The maximum absolute atomic E-state index is 12.1. The van der Waals surface area contributed by atoms with Gasteiger partial charge < -0.3 is 5.32 Å². The van der Waals surface area contributed by atoms with Gasteiger partial charge >= 0.3 is 6.03 Å². The Kier molecular flexibility index (Phi) is 5.61. The summed E-state index contributed by atoms with van der Waals surface area (Å²) < 4.78 is 0. The summed E-state index contributed by atoms with van der Waals surface area (Å²) in [6.45, 7) is 1.54. The summed E-state index contributed by atoms with van der Waals surface area (Å²) in [6, 6.07) is 11.6. The Morgan fingerprint density at radius 1 is 1.21 bits per heavy atom. The number of likely N-dealkylation sites (tertiary alicyclic amines) is 1. The number of carbonyl (C=O) groups is 2. The van der Waals surface area contributed by atoms with Crippen molar-refractivity contribution >= 4 is 23.3 Å². The predicted octanol–water partition coefficient (Wildman–Crippen LogP) is 2.91. The Bertz CT molecular complexity index is 673. The first-order valence-corrected chi connectivity index (χ1v) is 9.04. The first-order chi connectivity index (χ1) is 11.7. The summed E-state index contributed by atoms with van der Waals surface area (Å²) in [5.74, 6) is -0.261. The highest BCUT2D eigenvalue weighted by Crippen LogP contribution is 2.32. The second kappa shape index (κ2) is 8.08. The van der Waals surface area contributed by atoms with Crippen LogP contribution < -0.4 is 10.6 Å². The molecule has 0 unspecified atom stereocenters. The number of urea groups is 1. The first kappa shape index (κ1) is 16.7. The Balaban J connectivity index is 1.45. The van der Waals surface area contributed by atoms with Gasteiger partial charge in [-0.15, -0.1) is 0 Å². The maximum atomic E-state index is 12.1. The fourth-order valence-corrected chi connectivity index (χ4v) is 3.74. The van der Waals surface area contributed by atoms with Crippen LogP contribution in [0.15, 0.2) is 47.2 Å². The van der Waals surface area contributed by atoms with Gasteiger partial charge in [0.15, 0.2) is 0 Å². The summed E-state index contributed by atoms with van der Waals surface area (Å²) in [4.78, 5) is 26.1. The zero-order valence-electron chi connectivity index (χ0n) is 13.4. The molecule has 24 heavy (non-hydrogen) atoms. The molecular formula is C18H21N3O2S. The van der Waals surface area contributed by atoms with Crippen molar-refractivity contribution in [2.24, 2.45) is 0 Å². The van der Waals surface area contributed by atoms with E-state index in [4.69, 9.17) is 0 Å². The third-order valence-electron chi connectivity index (χ3n) is 4.19. The Morgan fingerprint density at radius 3 is 2.79 bits per heavy atom. The van der Waals surface area contributed by atoms with Gasteiger partial charge in [-0.05, 0) is 47.3 Å². The molecule has 3 amide bonds. The van der Waals surface area contributed by atoms with Crippen LogP contribution >= 0.6 is 11.3 Å². The fourth-order valence-electron chi connectivity index (χ4n) is 3.03. The number of nitrogens with zero attached hydrogens (tertiary/aromatic N) is 1. The molecule has 2 N–H and O–H groups in total. The number of benzene rings is 1. The molecular weight excluding hydrogens is 322 g/mol. The highest BCUT2D eigenvalue weighted by molar-refractivity contribution is 7.07. The van der Waals surface area contributed by atoms with Crippen molar-refractivity contribution in [1.29, 1.82) is 0 Å². The third-order valence-corrected chi connectivity index (χ3v) is 4.89. The average molecular weight is 343 g/mol. The molecule has 6 heteroatoms. The van der Waals surface area contributed by atoms with Gasteiger partial charge in [0, 0.05) is 12.6 Å². The van der Waals surface area contributed by atoms with E-state index in [1.54, 1.807) is 11.3 Å². The van der Waals surface area contributed by atoms with Crippen molar-refractivity contribution < 1.29 is 9.59 Å². The van der Waals surface area contributed by atoms with E-state index in [2.05, 4.69) is 32.4 Å². The minimum atomic E-state index is -0.449. The standard InChI is InChI=1S/C18H21N3O2S/c22-17(20-18(23)19-11-14-5-2-1-3-6-14)12-21-9-4-7-16(21)15-8-10-24-13-15/h1-3,5-6,8,10,13,16H,4,7,9,11-12H2,(H2,19,20,22,23)/t16-/m1/s1. The number of rotatable bonds is 5. The van der Waals surface area contributed by atoms with Gasteiger partial charge in [0.25, 0.3) is 0 Å². The second-order valence-electron chi connectivity index (χ2n) is 5.90. The van der Waals surface area contributed by atoms with Crippen molar-refractivity contribution in [2.75, 3.05) is 13.1 Å². The third kappa shape index (κ3) is 4.43. The minimum absolute atomic E-state index is 0.249. The molecule has 2 heterocycles. The molecule has 0 saturated carbocycles. The molecule has 0 bridgehead atoms. The minimum Gasteiger partial charge on any atom is -0.334 e. The maximum Gasteiger partial charge on any atom is 0.321 e. The Morgan fingerprint density at radius 2 is 2.04 bits per heavy atom. The van der Waals surface area contributed by atoms with E-state index in [0.717, 1.165) is 24.9 Å². The van der Waals surface area contributed by atoms with Crippen LogP contribution in [-0.2, 0) is 11.3 Å². The lowest BCUT2D eigenvalue weighted by atomic mass is 10.1. The van der Waals surface area contributed by atoms with Crippen LogP contribution in [-0.4, -0.2) is 29.9 Å². The molecule has 1 aliphatic heterocycles. The lowest BCUT2D eigenvalue weighted by Gasteiger charge is -2.23. The molecule has 1 saturated heterocycles. The smallest absolute Gasteiger partial charge is 0.321 e. The number of imide groups is 1. The highest BCUT2D eigenvalue weighted by Gasteiger charge is 2.28. The summed E-state index contributed by atoms with van der Waals surface area (Å²) in [7, 11) is 0. The van der Waals surface area contributed by atoms with Gasteiger partial charge in [-0.3, -0.25) is 15.0 Å². The molecule has 2 aromatic rings. The topological polar surface area (TPSA) is 61.4 Å². The predicted molar refractivity (Wildman–Crippen MR) is 94.7 cm³/mol. The molecule has 1 atom stereocenters. The summed E-state index contributed by atoms with van der Waals surface area (Å²) in [5, 5.41) is 9.31. The van der Waals surface area contributed by atoms with Gasteiger partial charge in [0.1, 0.15) is 0 Å². The number of amides is 3. The molecule has 126 valence electrons. The van der Waals surface area contributed by atoms with Crippen LogP contribution in [0.5, 0.6) is 0 Å². The van der Waals surface area contributed by atoms with Crippen molar-refractivity contribution in [1.82, 2.24) is 15.5 Å². The number of hydrogen-bond acceptors (Lipinski definition) is 4. The van der Waals surface area contributed by atoms with Crippen LogP contribution in [0.4, 0.5) is 4.79 Å². The molecule has 1 aliphatic rings. The first-order valence-electron chi connectivity index (χ1n) is 8.10. The molecule has 1 aromatic carbocycles. The van der Waals surface area contributed by atoms with Crippen molar-refractivity contribution in [3.8, 4) is 0 Å². The summed E-state index contributed by atoms with van der Waals surface area (Å²) >= 11 is 1.67. The lowest BCUT2D eigenvalue weighted by molar-refractivity contribution is -0.121. The average Bonchev–Trinajstić information content (AvgIpc) is 3.25. The van der Waals surface area contributed by atoms with E-state index in [1.165, 1.54) is 5.56 Å². The second-order valence-corrected chi connectivity index (χ2v) is 6.68. The van der Waals surface area contributed by atoms with Crippen molar-refractivity contribution in [3.05, 3.63) is 58.3 Å². The van der Waals surface area contributed by atoms with Crippen LogP contribution in [0.3, 0.4) is 0 Å². The zero-order chi connectivity index (χ0) is 16.8. The van der Waals surface area contributed by atoms with E-state index >= 15 is 0 Å². The molecule has 5 nitrogen and oxygen atoms in total. The summed E-state index contributed by atoms with van der Waals surface area (Å²) in [5.41, 5.74) is 2.26. The number of nitrogens with one attached hydrogen (secondary N) is 2.